The lowest BCUT2D eigenvalue weighted by molar-refractivity contribution is -0.122. The lowest BCUT2D eigenvalue weighted by Crippen LogP contribution is -2.46. The van der Waals surface area contributed by atoms with Crippen LogP contribution in [-0.4, -0.2) is 39.7 Å². The number of rotatable bonds is 8. The predicted octanol–water partition coefficient (Wildman–Crippen LogP) is 7.21. The Morgan fingerprint density at radius 3 is 2.51 bits per heavy atom. The molecular formula is C33H25Cl2N5O2S. The molecule has 10 heteroatoms. The van der Waals surface area contributed by atoms with Crippen molar-refractivity contribution in [3.8, 4) is 27.5 Å². The van der Waals surface area contributed by atoms with Crippen LogP contribution in [0.2, 0.25) is 10.0 Å². The van der Waals surface area contributed by atoms with Gasteiger partial charge in [0.2, 0.25) is 5.91 Å². The van der Waals surface area contributed by atoms with Gasteiger partial charge in [0, 0.05) is 31.4 Å². The highest BCUT2D eigenvalue weighted by molar-refractivity contribution is 7.17. The third-order valence-corrected chi connectivity index (χ3v) is 8.86. The zero-order chi connectivity index (χ0) is 29.9. The van der Waals surface area contributed by atoms with E-state index in [1.807, 2.05) is 72.8 Å². The highest BCUT2D eigenvalue weighted by Crippen LogP contribution is 2.34. The summed E-state index contributed by atoms with van der Waals surface area (Å²) in [6.07, 6.45) is 3.80. The minimum Gasteiger partial charge on any atom is -0.357 e. The maximum Gasteiger partial charge on any atom is 0.262 e. The van der Waals surface area contributed by atoms with Gasteiger partial charge in [0.05, 0.1) is 36.9 Å². The Labute approximate surface area is 262 Å². The molecule has 3 aromatic heterocycles. The lowest BCUT2D eigenvalue weighted by atomic mass is 10.0. The molecule has 3 heterocycles. The maximum atomic E-state index is 13.4. The fraction of sp³-hybridized carbons (Fsp3) is 0.0909. The molecule has 2 amide bonds. The second-order valence-electron chi connectivity index (χ2n) is 9.86. The average Bonchev–Trinajstić information content (AvgIpc) is 3.70. The summed E-state index contributed by atoms with van der Waals surface area (Å²) in [5.41, 5.74) is 3.99. The van der Waals surface area contributed by atoms with Gasteiger partial charge in [0.15, 0.2) is 0 Å². The Bertz CT molecular complexity index is 1950. The molecule has 1 atom stereocenters. The van der Waals surface area contributed by atoms with Gasteiger partial charge >= 0.3 is 0 Å². The summed E-state index contributed by atoms with van der Waals surface area (Å²) in [6.45, 7) is 0. The maximum absolute atomic E-state index is 13.4. The Kier molecular flexibility index (Phi) is 8.24. The number of carbonyl (C=O) groups excluding carboxylic acids is 2. The van der Waals surface area contributed by atoms with Crippen molar-refractivity contribution in [1.29, 1.82) is 0 Å². The fourth-order valence-electron chi connectivity index (χ4n) is 4.84. The fourth-order valence-corrected chi connectivity index (χ4v) is 6.04. The van der Waals surface area contributed by atoms with Crippen LogP contribution in [0.4, 0.5) is 0 Å². The van der Waals surface area contributed by atoms with Gasteiger partial charge in [-0.2, -0.15) is 5.10 Å². The topological polar surface area (TPSA) is 88.9 Å². The van der Waals surface area contributed by atoms with Gasteiger partial charge in [-0.25, -0.2) is 4.68 Å². The summed E-state index contributed by atoms with van der Waals surface area (Å²) < 4.78 is 1.77. The molecule has 6 rings (SSSR count). The van der Waals surface area contributed by atoms with Crippen molar-refractivity contribution < 1.29 is 9.59 Å². The standard InChI is InChI=1S/C33H25Cl2N5O2S/c1-36-32(41)28(16-20-8-9-21-5-2-3-6-22(21)15-20)38-33(42)31-13-12-30(43-31)29-18-27(23-7-4-14-37-19-23)39-40(29)24-10-11-25(34)26(35)17-24/h2-15,17-19,28H,16H2,1H3,(H,36,41)(H,38,42)/t28-/m0/s1. The Morgan fingerprint density at radius 2 is 1.74 bits per heavy atom. The number of halogens is 2. The van der Waals surface area contributed by atoms with Crippen LogP contribution in [0.25, 0.3) is 38.3 Å². The molecule has 0 bridgehead atoms. The van der Waals surface area contributed by atoms with Crippen molar-refractivity contribution in [3.63, 3.8) is 0 Å². The summed E-state index contributed by atoms with van der Waals surface area (Å²) in [4.78, 5) is 31.7. The van der Waals surface area contributed by atoms with Gasteiger partial charge in [0.25, 0.3) is 5.91 Å². The molecule has 0 fully saturated rings. The first-order valence-electron chi connectivity index (χ1n) is 13.5. The molecule has 214 valence electrons. The molecule has 0 spiro atoms. The average molecular weight is 627 g/mol. The first kappa shape index (κ1) is 28.6. The van der Waals surface area contributed by atoms with E-state index in [1.54, 1.807) is 42.3 Å². The SMILES string of the molecule is CNC(=O)[C@H](Cc1ccc2ccccc2c1)NC(=O)c1ccc(-c2cc(-c3cccnc3)nn2-c2ccc(Cl)c(Cl)c2)s1. The normalized spacial score (nSPS) is 11.8. The number of carbonyl (C=O) groups is 2. The molecule has 7 nitrogen and oxygen atoms in total. The highest BCUT2D eigenvalue weighted by Gasteiger charge is 2.23. The zero-order valence-corrected chi connectivity index (χ0v) is 25.3. The number of aromatic nitrogens is 3. The number of nitrogens with zero attached hydrogens (tertiary/aromatic N) is 3. The summed E-state index contributed by atoms with van der Waals surface area (Å²) in [6, 6.07) is 28.0. The van der Waals surface area contributed by atoms with Crippen molar-refractivity contribution in [2.75, 3.05) is 7.05 Å². The van der Waals surface area contributed by atoms with Gasteiger partial charge in [-0.05, 0) is 64.9 Å². The zero-order valence-electron chi connectivity index (χ0n) is 22.9. The second kappa shape index (κ2) is 12.4. The monoisotopic (exact) mass is 625 g/mol. The van der Waals surface area contributed by atoms with E-state index in [2.05, 4.69) is 15.6 Å². The Hall–Kier alpha value is -4.50. The van der Waals surface area contributed by atoms with Crippen LogP contribution in [-0.2, 0) is 11.2 Å². The summed E-state index contributed by atoms with van der Waals surface area (Å²) in [5, 5.41) is 13.5. The number of benzene rings is 3. The van der Waals surface area contributed by atoms with Gasteiger partial charge in [-0.15, -0.1) is 11.3 Å². The van der Waals surface area contributed by atoms with Gasteiger partial charge in [-0.1, -0.05) is 65.7 Å². The van der Waals surface area contributed by atoms with E-state index in [4.69, 9.17) is 28.3 Å². The molecule has 0 radical (unpaired) electrons. The quantitative estimate of drug-likeness (QED) is 0.187. The molecule has 3 aromatic carbocycles. The molecule has 2 N–H and O–H groups in total. The molecule has 0 saturated carbocycles. The lowest BCUT2D eigenvalue weighted by Gasteiger charge is -2.17. The number of thiophene rings is 1. The number of amides is 2. The summed E-state index contributed by atoms with van der Waals surface area (Å²) in [5.74, 6) is -0.601. The van der Waals surface area contributed by atoms with Crippen molar-refractivity contribution >= 4 is 57.1 Å². The minimum absolute atomic E-state index is 0.267. The van der Waals surface area contributed by atoms with Crippen molar-refractivity contribution in [3.05, 3.63) is 124 Å². The van der Waals surface area contributed by atoms with Crippen molar-refractivity contribution in [2.45, 2.75) is 12.5 Å². The summed E-state index contributed by atoms with van der Waals surface area (Å²) >= 11 is 13.8. The Balaban J connectivity index is 1.29. The van der Waals surface area contributed by atoms with E-state index < -0.39 is 6.04 Å². The van der Waals surface area contributed by atoms with Gasteiger partial charge < -0.3 is 10.6 Å². The molecule has 0 unspecified atom stereocenters. The molecule has 6 aromatic rings. The van der Waals surface area contributed by atoms with Crippen LogP contribution >= 0.6 is 34.5 Å². The number of fused-ring (bicyclic) bond motifs is 1. The van der Waals surface area contributed by atoms with Crippen LogP contribution in [0, 0.1) is 0 Å². The number of pyridine rings is 1. The first-order chi connectivity index (χ1) is 20.9. The largest absolute Gasteiger partial charge is 0.357 e. The van der Waals surface area contributed by atoms with E-state index in [0.717, 1.165) is 32.5 Å². The van der Waals surface area contributed by atoms with Crippen LogP contribution in [0.5, 0.6) is 0 Å². The number of hydrogen-bond donors (Lipinski definition) is 2. The number of hydrogen-bond acceptors (Lipinski definition) is 5. The third-order valence-electron chi connectivity index (χ3n) is 7.02. The van der Waals surface area contributed by atoms with E-state index in [-0.39, 0.29) is 11.8 Å². The molecule has 0 aliphatic rings. The number of likely N-dealkylation sites (N-methyl/N-ethyl adjacent to an activating group) is 1. The molecule has 43 heavy (non-hydrogen) atoms. The minimum atomic E-state index is -0.747. The number of nitrogens with one attached hydrogen (secondary N) is 2. The molecule has 0 aliphatic carbocycles. The molecule has 0 saturated heterocycles. The van der Waals surface area contributed by atoms with Crippen LogP contribution in [0.15, 0.2) is 103 Å². The van der Waals surface area contributed by atoms with E-state index >= 15 is 0 Å². The van der Waals surface area contributed by atoms with Gasteiger partial charge in [0.1, 0.15) is 6.04 Å². The summed E-state index contributed by atoms with van der Waals surface area (Å²) in [7, 11) is 1.56. The van der Waals surface area contributed by atoms with Crippen LogP contribution < -0.4 is 10.6 Å². The predicted molar refractivity (Wildman–Crippen MR) is 173 cm³/mol. The third kappa shape index (κ3) is 6.17. The van der Waals surface area contributed by atoms with Crippen molar-refractivity contribution in [2.24, 2.45) is 0 Å². The van der Waals surface area contributed by atoms with E-state index in [1.165, 1.54) is 11.3 Å². The first-order valence-corrected chi connectivity index (χ1v) is 15.0. The molecule has 0 aliphatic heterocycles. The van der Waals surface area contributed by atoms with Crippen LogP contribution in [0.3, 0.4) is 0 Å². The van der Waals surface area contributed by atoms with E-state index in [9.17, 15) is 9.59 Å². The smallest absolute Gasteiger partial charge is 0.262 e. The van der Waals surface area contributed by atoms with Crippen LogP contribution in [0.1, 0.15) is 15.2 Å². The highest BCUT2D eigenvalue weighted by atomic mass is 35.5. The van der Waals surface area contributed by atoms with Gasteiger partial charge in [-0.3, -0.25) is 14.6 Å². The van der Waals surface area contributed by atoms with E-state index in [0.29, 0.717) is 32.7 Å². The molecular weight excluding hydrogens is 601 g/mol. The second-order valence-corrected chi connectivity index (χ2v) is 11.8. The Morgan fingerprint density at radius 1 is 0.907 bits per heavy atom. The van der Waals surface area contributed by atoms with Crippen molar-refractivity contribution in [1.82, 2.24) is 25.4 Å².